The first-order valence-electron chi connectivity index (χ1n) is 7.57. The van der Waals surface area contributed by atoms with E-state index in [0.29, 0.717) is 13.0 Å². The average Bonchev–Trinajstić information content (AvgIpc) is 2.59. The van der Waals surface area contributed by atoms with Gasteiger partial charge in [-0.15, -0.1) is 0 Å². The number of aliphatic hydroxyl groups excluding tert-OH is 1. The van der Waals surface area contributed by atoms with Gasteiger partial charge in [-0.1, -0.05) is 12.5 Å². The first-order chi connectivity index (χ1) is 11.0. The number of aliphatic hydroxyl groups is 1. The maximum Gasteiger partial charge on any atom is 0.251 e. The molecule has 0 saturated carbocycles. The quantitative estimate of drug-likeness (QED) is 0.803. The predicted molar refractivity (Wildman–Crippen MR) is 83.4 cm³/mol. The molecule has 1 aromatic carbocycles. The van der Waals surface area contributed by atoms with Gasteiger partial charge in [-0.05, 0) is 31.0 Å². The number of nitrogens with zero attached hydrogens (tertiary/aromatic N) is 1. The Kier molecular flexibility index (Phi) is 6.09. The summed E-state index contributed by atoms with van der Waals surface area (Å²) in [4.78, 5) is 11.9. The molecule has 1 unspecified atom stereocenters. The number of hydrogen-bond acceptors (Lipinski definition) is 4. The second-order valence-electron chi connectivity index (χ2n) is 5.42. The number of halogens is 1. The maximum absolute atomic E-state index is 12.8. The minimum atomic E-state index is -3.78. The second kappa shape index (κ2) is 7.85. The number of carbonyl (C=O) groups is 1. The molecular weight excluding hydrogens is 323 g/mol. The SMILES string of the molecule is O=C(NCCF)c1cccc(S(=O)(=O)N2CCCCC2CO)c1. The number of nitrogens with one attached hydrogen (secondary N) is 1. The summed E-state index contributed by atoms with van der Waals surface area (Å²) in [7, 11) is -3.78. The molecule has 0 spiro atoms. The number of hydrogen-bond donors (Lipinski definition) is 2. The van der Waals surface area contributed by atoms with Gasteiger partial charge < -0.3 is 10.4 Å². The van der Waals surface area contributed by atoms with E-state index >= 15 is 0 Å². The molecule has 0 aliphatic carbocycles. The molecular formula is C15H21FN2O4S. The van der Waals surface area contributed by atoms with Crippen LogP contribution < -0.4 is 5.32 Å². The molecule has 1 saturated heterocycles. The third kappa shape index (κ3) is 4.07. The van der Waals surface area contributed by atoms with Crippen molar-refractivity contribution in [2.75, 3.05) is 26.4 Å². The van der Waals surface area contributed by atoms with Crippen LogP contribution in [0.25, 0.3) is 0 Å². The summed E-state index contributed by atoms with van der Waals surface area (Å²) >= 11 is 0. The molecule has 0 radical (unpaired) electrons. The molecule has 23 heavy (non-hydrogen) atoms. The number of benzene rings is 1. The zero-order chi connectivity index (χ0) is 16.9. The van der Waals surface area contributed by atoms with E-state index < -0.39 is 28.6 Å². The molecule has 2 rings (SSSR count). The fourth-order valence-electron chi connectivity index (χ4n) is 2.67. The zero-order valence-corrected chi connectivity index (χ0v) is 13.6. The van der Waals surface area contributed by atoms with Crippen LogP contribution in [0.4, 0.5) is 4.39 Å². The van der Waals surface area contributed by atoms with Crippen molar-refractivity contribution in [1.82, 2.24) is 9.62 Å². The van der Waals surface area contributed by atoms with Crippen LogP contribution in [0.3, 0.4) is 0 Å². The Bertz CT molecular complexity index is 651. The van der Waals surface area contributed by atoms with Crippen LogP contribution in [0.1, 0.15) is 29.6 Å². The summed E-state index contributed by atoms with van der Waals surface area (Å²) in [6, 6.07) is 5.23. The van der Waals surface area contributed by atoms with Crippen molar-refractivity contribution in [3.05, 3.63) is 29.8 Å². The second-order valence-corrected chi connectivity index (χ2v) is 7.31. The normalized spacial score (nSPS) is 19.5. The number of alkyl halides is 1. The van der Waals surface area contributed by atoms with Crippen molar-refractivity contribution in [1.29, 1.82) is 0 Å². The molecule has 8 heteroatoms. The molecule has 2 N–H and O–H groups in total. The monoisotopic (exact) mass is 344 g/mol. The van der Waals surface area contributed by atoms with E-state index in [4.69, 9.17) is 0 Å². The molecule has 0 aromatic heterocycles. The maximum atomic E-state index is 12.8. The minimum absolute atomic E-state index is 0.00532. The Morgan fingerprint density at radius 1 is 1.39 bits per heavy atom. The van der Waals surface area contributed by atoms with E-state index in [1.807, 2.05) is 0 Å². The Balaban J connectivity index is 2.27. The van der Waals surface area contributed by atoms with Crippen molar-refractivity contribution >= 4 is 15.9 Å². The van der Waals surface area contributed by atoms with Gasteiger partial charge in [-0.2, -0.15) is 4.31 Å². The van der Waals surface area contributed by atoms with Gasteiger partial charge in [0.05, 0.1) is 11.5 Å². The van der Waals surface area contributed by atoms with Crippen LogP contribution in [0.2, 0.25) is 0 Å². The molecule has 1 heterocycles. The molecule has 1 aliphatic rings. The van der Waals surface area contributed by atoms with Gasteiger partial charge in [0.25, 0.3) is 5.91 Å². The van der Waals surface area contributed by atoms with Crippen LogP contribution in [-0.4, -0.2) is 56.1 Å². The zero-order valence-electron chi connectivity index (χ0n) is 12.7. The molecule has 6 nitrogen and oxygen atoms in total. The smallest absolute Gasteiger partial charge is 0.251 e. The van der Waals surface area contributed by atoms with Crippen LogP contribution in [0.15, 0.2) is 29.2 Å². The van der Waals surface area contributed by atoms with Gasteiger partial charge in [-0.3, -0.25) is 4.79 Å². The number of carbonyl (C=O) groups excluding carboxylic acids is 1. The lowest BCUT2D eigenvalue weighted by Gasteiger charge is -2.33. The molecule has 128 valence electrons. The van der Waals surface area contributed by atoms with Crippen LogP contribution in [0.5, 0.6) is 0 Å². The molecule has 1 aromatic rings. The van der Waals surface area contributed by atoms with Crippen molar-refractivity contribution in [3.63, 3.8) is 0 Å². The van der Waals surface area contributed by atoms with E-state index in [9.17, 15) is 22.7 Å². The first-order valence-corrected chi connectivity index (χ1v) is 9.01. The standard InChI is InChI=1S/C15H21FN2O4S/c16-7-8-17-15(20)12-4-3-6-14(10-12)23(21,22)18-9-2-1-5-13(18)11-19/h3-4,6,10,13,19H,1-2,5,7-9,11H2,(H,17,20). The summed E-state index contributed by atoms with van der Waals surface area (Å²) in [6.07, 6.45) is 2.24. The van der Waals surface area contributed by atoms with Gasteiger partial charge in [-0.25, -0.2) is 12.8 Å². The minimum Gasteiger partial charge on any atom is -0.395 e. The fraction of sp³-hybridized carbons (Fsp3) is 0.533. The van der Waals surface area contributed by atoms with Gasteiger partial charge in [0.2, 0.25) is 10.0 Å². The van der Waals surface area contributed by atoms with Gasteiger partial charge >= 0.3 is 0 Å². The Hall–Kier alpha value is -1.51. The van der Waals surface area contributed by atoms with Gasteiger partial charge in [0.15, 0.2) is 0 Å². The van der Waals surface area contributed by atoms with Crippen molar-refractivity contribution in [3.8, 4) is 0 Å². The lowest BCUT2D eigenvalue weighted by molar-refractivity contribution is 0.0950. The number of piperidine rings is 1. The Morgan fingerprint density at radius 3 is 2.87 bits per heavy atom. The summed E-state index contributed by atoms with van der Waals surface area (Å²) in [6.45, 7) is -0.675. The highest BCUT2D eigenvalue weighted by Crippen LogP contribution is 2.25. The largest absolute Gasteiger partial charge is 0.395 e. The summed E-state index contributed by atoms with van der Waals surface area (Å²) in [5, 5.41) is 11.8. The van der Waals surface area contributed by atoms with E-state index in [2.05, 4.69) is 5.32 Å². The highest BCUT2D eigenvalue weighted by Gasteiger charge is 2.33. The Labute approximate surface area is 135 Å². The summed E-state index contributed by atoms with van der Waals surface area (Å²) in [5.41, 5.74) is 0.164. The molecule has 1 fully saturated rings. The van der Waals surface area contributed by atoms with Crippen LogP contribution in [-0.2, 0) is 10.0 Å². The Morgan fingerprint density at radius 2 is 2.17 bits per heavy atom. The van der Waals surface area contributed by atoms with E-state index in [0.717, 1.165) is 12.8 Å². The molecule has 1 aliphatic heterocycles. The van der Waals surface area contributed by atoms with E-state index in [1.54, 1.807) is 0 Å². The third-order valence-corrected chi connectivity index (χ3v) is 5.81. The van der Waals surface area contributed by atoms with Gasteiger partial charge in [0.1, 0.15) is 6.67 Å². The molecule has 1 atom stereocenters. The van der Waals surface area contributed by atoms with Crippen molar-refractivity contribution < 1.29 is 22.7 Å². The third-order valence-electron chi connectivity index (χ3n) is 3.87. The topological polar surface area (TPSA) is 86.7 Å². The average molecular weight is 344 g/mol. The molecule has 1 amide bonds. The summed E-state index contributed by atoms with van der Waals surface area (Å²) < 4.78 is 39.0. The number of amides is 1. The lowest BCUT2D eigenvalue weighted by Crippen LogP contribution is -2.45. The number of rotatable bonds is 6. The number of sulfonamides is 1. The highest BCUT2D eigenvalue weighted by atomic mass is 32.2. The van der Waals surface area contributed by atoms with Crippen LogP contribution >= 0.6 is 0 Å². The highest BCUT2D eigenvalue weighted by molar-refractivity contribution is 7.89. The van der Waals surface area contributed by atoms with Crippen LogP contribution in [0, 0.1) is 0 Å². The lowest BCUT2D eigenvalue weighted by atomic mass is 10.1. The van der Waals surface area contributed by atoms with Crippen molar-refractivity contribution in [2.45, 2.75) is 30.2 Å². The first kappa shape index (κ1) is 17.8. The van der Waals surface area contributed by atoms with E-state index in [1.165, 1.54) is 28.6 Å². The van der Waals surface area contributed by atoms with Gasteiger partial charge in [0, 0.05) is 24.7 Å². The predicted octanol–water partition coefficient (Wildman–Crippen LogP) is 0.921. The summed E-state index contributed by atoms with van der Waals surface area (Å²) in [5.74, 6) is -0.517. The van der Waals surface area contributed by atoms with E-state index in [-0.39, 0.29) is 23.6 Å². The fourth-order valence-corrected chi connectivity index (χ4v) is 4.40. The molecule has 0 bridgehead atoms. The van der Waals surface area contributed by atoms with Crippen molar-refractivity contribution in [2.24, 2.45) is 0 Å².